The summed E-state index contributed by atoms with van der Waals surface area (Å²) in [6, 6.07) is 12.1. The maximum absolute atomic E-state index is 13.1. The first-order valence-corrected chi connectivity index (χ1v) is 9.92. The molecular formula is C22H25N5O. The van der Waals surface area contributed by atoms with E-state index in [2.05, 4.69) is 51.6 Å². The summed E-state index contributed by atoms with van der Waals surface area (Å²) in [5.74, 6) is 1.07. The minimum atomic E-state index is 0.0251. The molecular weight excluding hydrogens is 350 g/mol. The number of aryl methyl sites for hydroxylation is 1. The molecule has 6 nitrogen and oxygen atoms in total. The predicted octanol–water partition coefficient (Wildman–Crippen LogP) is 4.48. The zero-order valence-electron chi connectivity index (χ0n) is 16.1. The summed E-state index contributed by atoms with van der Waals surface area (Å²) in [4.78, 5) is 21.9. The number of rotatable bonds is 5. The van der Waals surface area contributed by atoms with Crippen molar-refractivity contribution >= 4 is 11.9 Å². The molecule has 4 rings (SSSR count). The molecule has 0 radical (unpaired) electrons. The molecule has 0 spiro atoms. The van der Waals surface area contributed by atoms with Gasteiger partial charge in [-0.2, -0.15) is 9.67 Å². The lowest BCUT2D eigenvalue weighted by molar-refractivity contribution is 0.0787. The van der Waals surface area contributed by atoms with Crippen LogP contribution in [0, 0.1) is 12.8 Å². The molecule has 0 aliphatic heterocycles. The summed E-state index contributed by atoms with van der Waals surface area (Å²) in [5, 5.41) is 7.84. The third-order valence-electron chi connectivity index (χ3n) is 5.26. The Labute approximate surface area is 165 Å². The van der Waals surface area contributed by atoms with Crippen LogP contribution in [0.15, 0.2) is 48.8 Å². The van der Waals surface area contributed by atoms with Crippen LogP contribution in [0.1, 0.15) is 48.0 Å². The maximum Gasteiger partial charge on any atom is 0.253 e. The average molecular weight is 375 g/mol. The van der Waals surface area contributed by atoms with Crippen LogP contribution in [0.5, 0.6) is 0 Å². The molecule has 0 amide bonds. The van der Waals surface area contributed by atoms with E-state index >= 15 is 0 Å². The fourth-order valence-corrected chi connectivity index (χ4v) is 3.61. The first-order chi connectivity index (χ1) is 13.7. The van der Waals surface area contributed by atoms with E-state index in [4.69, 9.17) is 0 Å². The van der Waals surface area contributed by atoms with Crippen LogP contribution in [0.25, 0.3) is 11.4 Å². The van der Waals surface area contributed by atoms with E-state index in [-0.39, 0.29) is 11.8 Å². The lowest BCUT2D eigenvalue weighted by Gasteiger charge is -2.20. The zero-order valence-corrected chi connectivity index (χ0v) is 16.1. The number of carbonyl (C=O) groups is 1. The van der Waals surface area contributed by atoms with Gasteiger partial charge in [0.05, 0.1) is 0 Å². The van der Waals surface area contributed by atoms with Crippen LogP contribution < -0.4 is 5.32 Å². The van der Waals surface area contributed by atoms with E-state index in [1.165, 1.54) is 16.7 Å². The number of hydrogen-bond donors (Lipinski definition) is 1. The number of nitrogens with zero attached hydrogens (tertiary/aromatic N) is 4. The summed E-state index contributed by atoms with van der Waals surface area (Å²) >= 11 is 0. The van der Waals surface area contributed by atoms with Crippen LogP contribution in [-0.4, -0.2) is 25.7 Å². The van der Waals surface area contributed by atoms with Crippen LogP contribution in [0.3, 0.4) is 0 Å². The number of anilines is 1. The summed E-state index contributed by atoms with van der Waals surface area (Å²) in [6.07, 6.45) is 8.70. The van der Waals surface area contributed by atoms with Gasteiger partial charge in [-0.25, -0.2) is 0 Å². The number of hydrogen-bond acceptors (Lipinski definition) is 5. The predicted molar refractivity (Wildman–Crippen MR) is 109 cm³/mol. The van der Waals surface area contributed by atoms with Crippen LogP contribution in [-0.2, 0) is 6.54 Å². The Balaban J connectivity index is 1.61. The number of pyridine rings is 1. The first-order valence-electron chi connectivity index (χ1n) is 9.92. The Bertz CT molecular complexity index is 927. The van der Waals surface area contributed by atoms with Crippen molar-refractivity contribution in [1.82, 2.24) is 19.7 Å². The monoisotopic (exact) mass is 375 g/mol. The van der Waals surface area contributed by atoms with Gasteiger partial charge in [0.25, 0.3) is 5.91 Å². The van der Waals surface area contributed by atoms with E-state index in [9.17, 15) is 4.79 Å². The van der Waals surface area contributed by atoms with Gasteiger partial charge < -0.3 is 5.32 Å². The highest BCUT2D eigenvalue weighted by Crippen LogP contribution is 2.27. The number of aromatic nitrogens is 4. The van der Waals surface area contributed by atoms with Crippen molar-refractivity contribution in [2.45, 2.75) is 45.6 Å². The molecule has 2 heterocycles. The molecule has 1 fully saturated rings. The van der Waals surface area contributed by atoms with Gasteiger partial charge in [-0.05, 0) is 37.5 Å². The molecule has 2 aromatic heterocycles. The van der Waals surface area contributed by atoms with Crippen LogP contribution in [0.2, 0.25) is 0 Å². The molecule has 3 aromatic rings. The Morgan fingerprint density at radius 3 is 2.64 bits per heavy atom. The maximum atomic E-state index is 13.1. The Kier molecular flexibility index (Phi) is 5.46. The highest BCUT2D eigenvalue weighted by molar-refractivity contribution is 5.83. The van der Waals surface area contributed by atoms with Crippen molar-refractivity contribution in [2.75, 3.05) is 5.32 Å². The lowest BCUT2D eigenvalue weighted by Crippen LogP contribution is -2.26. The molecule has 1 aliphatic carbocycles. The average Bonchev–Trinajstić information content (AvgIpc) is 3.18. The second-order valence-electron chi connectivity index (χ2n) is 7.42. The van der Waals surface area contributed by atoms with Gasteiger partial charge in [0, 0.05) is 30.4 Å². The van der Waals surface area contributed by atoms with E-state index in [0.29, 0.717) is 18.3 Å². The molecule has 6 heteroatoms. The van der Waals surface area contributed by atoms with Crippen molar-refractivity contribution in [3.63, 3.8) is 0 Å². The highest BCUT2D eigenvalue weighted by Gasteiger charge is 2.26. The van der Waals surface area contributed by atoms with Crippen molar-refractivity contribution in [3.05, 3.63) is 59.9 Å². The number of carbonyl (C=O) groups excluding carboxylic acids is 1. The molecule has 1 aromatic carbocycles. The van der Waals surface area contributed by atoms with Crippen molar-refractivity contribution in [2.24, 2.45) is 5.92 Å². The number of benzene rings is 1. The van der Waals surface area contributed by atoms with Gasteiger partial charge in [0.15, 0.2) is 5.82 Å². The summed E-state index contributed by atoms with van der Waals surface area (Å²) in [5.41, 5.74) is 3.16. The SMILES string of the molecule is Cc1ccc(CNc2nc(-c3cccnc3)nn2C(=O)C2CCCCC2)cc1. The molecule has 0 atom stereocenters. The molecule has 0 bridgehead atoms. The molecule has 1 saturated carbocycles. The normalized spacial score (nSPS) is 14.8. The molecule has 1 N–H and O–H groups in total. The second-order valence-corrected chi connectivity index (χ2v) is 7.42. The van der Waals surface area contributed by atoms with Gasteiger partial charge >= 0.3 is 0 Å². The first kappa shape index (κ1) is 18.3. The van der Waals surface area contributed by atoms with Crippen LogP contribution >= 0.6 is 0 Å². The van der Waals surface area contributed by atoms with Gasteiger partial charge in [0.2, 0.25) is 5.95 Å². The minimum Gasteiger partial charge on any atom is -0.350 e. The molecule has 0 saturated heterocycles. The van der Waals surface area contributed by atoms with E-state index < -0.39 is 0 Å². The summed E-state index contributed by atoms with van der Waals surface area (Å²) in [6.45, 7) is 2.65. The third kappa shape index (κ3) is 4.11. The van der Waals surface area contributed by atoms with Gasteiger partial charge in [-0.1, -0.05) is 49.1 Å². The zero-order chi connectivity index (χ0) is 19.3. The molecule has 0 unspecified atom stereocenters. The topological polar surface area (TPSA) is 72.7 Å². The molecule has 1 aliphatic rings. The second kappa shape index (κ2) is 8.33. The third-order valence-corrected chi connectivity index (χ3v) is 5.26. The van der Waals surface area contributed by atoms with E-state index in [1.54, 1.807) is 12.4 Å². The molecule has 28 heavy (non-hydrogen) atoms. The van der Waals surface area contributed by atoms with Gasteiger partial charge in [-0.3, -0.25) is 9.78 Å². The van der Waals surface area contributed by atoms with Crippen molar-refractivity contribution < 1.29 is 4.79 Å². The van der Waals surface area contributed by atoms with Gasteiger partial charge in [-0.15, -0.1) is 5.10 Å². The number of nitrogens with one attached hydrogen (secondary N) is 1. The fraction of sp³-hybridized carbons (Fsp3) is 0.364. The lowest BCUT2D eigenvalue weighted by atomic mass is 9.89. The van der Waals surface area contributed by atoms with Crippen molar-refractivity contribution in [1.29, 1.82) is 0 Å². The van der Waals surface area contributed by atoms with Crippen LogP contribution in [0.4, 0.5) is 5.95 Å². The van der Waals surface area contributed by atoms with E-state index in [1.807, 2.05) is 12.1 Å². The summed E-state index contributed by atoms with van der Waals surface area (Å²) in [7, 11) is 0. The minimum absolute atomic E-state index is 0.0251. The molecule has 144 valence electrons. The van der Waals surface area contributed by atoms with Crippen molar-refractivity contribution in [3.8, 4) is 11.4 Å². The summed E-state index contributed by atoms with van der Waals surface area (Å²) < 4.78 is 1.46. The Hall–Kier alpha value is -3.02. The van der Waals surface area contributed by atoms with Gasteiger partial charge in [0.1, 0.15) is 0 Å². The smallest absolute Gasteiger partial charge is 0.253 e. The largest absolute Gasteiger partial charge is 0.350 e. The Morgan fingerprint density at radius 1 is 1.14 bits per heavy atom. The highest BCUT2D eigenvalue weighted by atomic mass is 16.2. The standard InChI is InChI=1S/C22H25N5O/c1-16-9-11-17(12-10-16)14-24-22-25-20(19-8-5-13-23-15-19)26-27(22)21(28)18-6-3-2-4-7-18/h5,8-13,15,18H,2-4,6-7,14H2,1H3,(H,24,25,26). The Morgan fingerprint density at radius 2 is 1.93 bits per heavy atom. The van der Waals surface area contributed by atoms with E-state index in [0.717, 1.165) is 36.8 Å². The quantitative estimate of drug-likeness (QED) is 0.712. The fourth-order valence-electron chi connectivity index (χ4n) is 3.61.